The summed E-state index contributed by atoms with van der Waals surface area (Å²) >= 11 is 0. The average molecular weight is 305 g/mol. The van der Waals surface area contributed by atoms with E-state index in [1.54, 1.807) is 6.08 Å². The zero-order chi connectivity index (χ0) is 16.0. The van der Waals surface area contributed by atoms with Crippen LogP contribution >= 0.6 is 0 Å². The van der Waals surface area contributed by atoms with Crippen molar-refractivity contribution in [3.05, 3.63) is 12.3 Å². The number of carbonyl (C=O) groups excluding carboxylic acids is 1. The fraction of sp³-hybridized carbons (Fsp3) is 0.769. The van der Waals surface area contributed by atoms with E-state index in [4.69, 9.17) is 14.9 Å². The average Bonchev–Trinajstić information content (AvgIpc) is 2.46. The summed E-state index contributed by atoms with van der Waals surface area (Å²) in [4.78, 5) is 11.1. The molecule has 0 aromatic rings. The second-order valence-corrected chi connectivity index (χ2v) is 5.03. The SMILES string of the molecule is CC(O)C(=O)N/C=C/CCC1OC(CO)C(O)C(O)C1O. The number of aliphatic hydroxyl groups is 5. The molecule has 8 heteroatoms. The molecule has 0 spiro atoms. The molecule has 1 heterocycles. The Kier molecular flexibility index (Phi) is 7.23. The van der Waals surface area contributed by atoms with Crippen molar-refractivity contribution in [2.75, 3.05) is 6.61 Å². The van der Waals surface area contributed by atoms with Crippen LogP contribution in [-0.2, 0) is 9.53 Å². The molecule has 1 aliphatic rings. The number of nitrogens with one attached hydrogen (secondary N) is 1. The first-order valence-electron chi connectivity index (χ1n) is 6.82. The van der Waals surface area contributed by atoms with Crippen molar-refractivity contribution < 1.29 is 35.1 Å². The van der Waals surface area contributed by atoms with Crippen molar-refractivity contribution in [1.82, 2.24) is 5.32 Å². The molecule has 1 amide bonds. The van der Waals surface area contributed by atoms with E-state index in [9.17, 15) is 20.1 Å². The summed E-state index contributed by atoms with van der Waals surface area (Å²) in [5.41, 5.74) is 0. The van der Waals surface area contributed by atoms with Crippen molar-refractivity contribution >= 4 is 5.91 Å². The zero-order valence-corrected chi connectivity index (χ0v) is 11.8. The lowest BCUT2D eigenvalue weighted by Gasteiger charge is -2.40. The maximum atomic E-state index is 11.1. The van der Waals surface area contributed by atoms with Crippen LogP contribution in [0.1, 0.15) is 19.8 Å². The van der Waals surface area contributed by atoms with Crippen molar-refractivity contribution in [1.29, 1.82) is 0 Å². The molecule has 1 aliphatic heterocycles. The van der Waals surface area contributed by atoms with Crippen LogP contribution in [0.25, 0.3) is 0 Å². The van der Waals surface area contributed by atoms with Crippen LogP contribution in [0.3, 0.4) is 0 Å². The molecule has 1 rings (SSSR count). The molecule has 6 N–H and O–H groups in total. The maximum Gasteiger partial charge on any atom is 0.252 e. The van der Waals surface area contributed by atoms with E-state index in [2.05, 4.69) is 5.32 Å². The fourth-order valence-electron chi connectivity index (χ4n) is 2.02. The minimum atomic E-state index is -1.38. The first-order valence-corrected chi connectivity index (χ1v) is 6.82. The summed E-state index contributed by atoms with van der Waals surface area (Å²) in [6, 6.07) is 0. The standard InChI is InChI=1S/C13H23NO7/c1-7(16)13(20)14-5-3-2-4-8-10(17)12(19)11(18)9(6-15)21-8/h3,5,7-12,15-19H,2,4,6H2,1H3,(H,14,20)/b5-3+. The molecule has 122 valence electrons. The largest absolute Gasteiger partial charge is 0.394 e. The second kappa shape index (κ2) is 8.42. The number of allylic oxidation sites excluding steroid dienone is 1. The first-order chi connectivity index (χ1) is 9.88. The normalized spacial score (nSPS) is 34.9. The van der Waals surface area contributed by atoms with E-state index in [1.165, 1.54) is 13.1 Å². The predicted molar refractivity (Wildman–Crippen MR) is 72.0 cm³/mol. The van der Waals surface area contributed by atoms with E-state index in [0.717, 1.165) is 0 Å². The molecule has 0 aliphatic carbocycles. The Hall–Kier alpha value is -1.03. The highest BCUT2D eigenvalue weighted by molar-refractivity contribution is 5.80. The van der Waals surface area contributed by atoms with Crippen LogP contribution < -0.4 is 5.32 Å². The van der Waals surface area contributed by atoms with Gasteiger partial charge in [-0.3, -0.25) is 4.79 Å². The molecule has 1 fully saturated rings. The Bertz CT molecular complexity index is 358. The van der Waals surface area contributed by atoms with Crippen LogP contribution in [0, 0.1) is 0 Å². The minimum Gasteiger partial charge on any atom is -0.394 e. The van der Waals surface area contributed by atoms with E-state index < -0.39 is 49.1 Å². The van der Waals surface area contributed by atoms with Gasteiger partial charge in [0.2, 0.25) is 0 Å². The summed E-state index contributed by atoms with van der Waals surface area (Å²) in [5, 5.41) is 49.4. The predicted octanol–water partition coefficient (Wildman–Crippen LogP) is -2.38. The third kappa shape index (κ3) is 5.03. The van der Waals surface area contributed by atoms with Crippen LogP contribution in [-0.4, -0.2) is 74.7 Å². The van der Waals surface area contributed by atoms with E-state index in [0.29, 0.717) is 12.8 Å². The van der Waals surface area contributed by atoms with Crippen molar-refractivity contribution in [2.45, 2.75) is 56.4 Å². The molecular weight excluding hydrogens is 282 g/mol. The summed E-state index contributed by atoms with van der Waals surface area (Å²) in [5.74, 6) is -0.529. The number of hydrogen-bond donors (Lipinski definition) is 6. The van der Waals surface area contributed by atoms with E-state index in [-0.39, 0.29) is 0 Å². The smallest absolute Gasteiger partial charge is 0.252 e. The summed E-state index contributed by atoms with van der Waals surface area (Å²) in [7, 11) is 0. The number of carbonyl (C=O) groups is 1. The fourth-order valence-corrected chi connectivity index (χ4v) is 2.02. The number of rotatable bonds is 6. The lowest BCUT2D eigenvalue weighted by molar-refractivity contribution is -0.230. The van der Waals surface area contributed by atoms with Gasteiger partial charge in [-0.05, 0) is 26.0 Å². The zero-order valence-electron chi connectivity index (χ0n) is 11.8. The number of aliphatic hydroxyl groups excluding tert-OH is 5. The highest BCUT2D eigenvalue weighted by atomic mass is 16.5. The molecule has 0 aromatic carbocycles. The molecule has 0 aromatic heterocycles. The van der Waals surface area contributed by atoms with Gasteiger partial charge in [0.05, 0.1) is 12.7 Å². The van der Waals surface area contributed by atoms with Crippen molar-refractivity contribution in [3.8, 4) is 0 Å². The van der Waals surface area contributed by atoms with Crippen LogP contribution in [0.15, 0.2) is 12.3 Å². The topological polar surface area (TPSA) is 139 Å². The van der Waals surface area contributed by atoms with Gasteiger partial charge >= 0.3 is 0 Å². The summed E-state index contributed by atoms with van der Waals surface area (Å²) in [6.07, 6.45) is -2.96. The lowest BCUT2D eigenvalue weighted by atomic mass is 9.93. The van der Waals surface area contributed by atoms with Gasteiger partial charge in [0.15, 0.2) is 0 Å². The van der Waals surface area contributed by atoms with Gasteiger partial charge in [0, 0.05) is 0 Å². The molecule has 0 saturated carbocycles. The molecule has 8 nitrogen and oxygen atoms in total. The van der Waals surface area contributed by atoms with Crippen LogP contribution in [0.4, 0.5) is 0 Å². The number of ether oxygens (including phenoxy) is 1. The minimum absolute atomic E-state index is 0.336. The monoisotopic (exact) mass is 305 g/mol. The lowest BCUT2D eigenvalue weighted by Crippen LogP contribution is -2.58. The number of hydrogen-bond acceptors (Lipinski definition) is 7. The van der Waals surface area contributed by atoms with Crippen molar-refractivity contribution in [3.63, 3.8) is 0 Å². The van der Waals surface area contributed by atoms with E-state index in [1.807, 2.05) is 0 Å². The first kappa shape index (κ1) is 18.0. The van der Waals surface area contributed by atoms with Gasteiger partial charge in [0.25, 0.3) is 5.91 Å². The van der Waals surface area contributed by atoms with Gasteiger partial charge in [0.1, 0.15) is 30.5 Å². The Morgan fingerprint density at radius 1 is 1.24 bits per heavy atom. The second-order valence-electron chi connectivity index (χ2n) is 5.03. The summed E-state index contributed by atoms with van der Waals surface area (Å²) in [6.45, 7) is 0.888. The maximum absolute atomic E-state index is 11.1. The third-order valence-corrected chi connectivity index (χ3v) is 3.33. The molecule has 6 unspecified atom stereocenters. The molecule has 6 atom stereocenters. The van der Waals surface area contributed by atoms with Gasteiger partial charge in [-0.1, -0.05) is 6.08 Å². The molecule has 0 bridgehead atoms. The Labute approximate surface area is 122 Å². The molecule has 21 heavy (non-hydrogen) atoms. The Balaban J connectivity index is 2.40. The van der Waals surface area contributed by atoms with Crippen LogP contribution in [0.2, 0.25) is 0 Å². The quantitative estimate of drug-likeness (QED) is 0.322. The van der Waals surface area contributed by atoms with Gasteiger partial charge < -0.3 is 35.6 Å². The molecule has 1 saturated heterocycles. The van der Waals surface area contributed by atoms with Gasteiger partial charge in [-0.25, -0.2) is 0 Å². The number of amides is 1. The van der Waals surface area contributed by atoms with E-state index >= 15 is 0 Å². The Morgan fingerprint density at radius 3 is 2.43 bits per heavy atom. The molecule has 0 radical (unpaired) electrons. The van der Waals surface area contributed by atoms with Gasteiger partial charge in [-0.15, -0.1) is 0 Å². The molecular formula is C13H23NO7. The van der Waals surface area contributed by atoms with Gasteiger partial charge in [-0.2, -0.15) is 0 Å². The third-order valence-electron chi connectivity index (χ3n) is 3.33. The van der Waals surface area contributed by atoms with Crippen molar-refractivity contribution in [2.24, 2.45) is 0 Å². The Morgan fingerprint density at radius 2 is 1.86 bits per heavy atom. The highest BCUT2D eigenvalue weighted by Gasteiger charge is 2.42. The highest BCUT2D eigenvalue weighted by Crippen LogP contribution is 2.23. The summed E-state index contributed by atoms with van der Waals surface area (Å²) < 4.78 is 5.33. The van der Waals surface area contributed by atoms with Crippen LogP contribution in [0.5, 0.6) is 0 Å².